The molecular weight excluding hydrogens is 314 g/mol. The van der Waals surface area contributed by atoms with Crippen molar-refractivity contribution in [1.29, 1.82) is 0 Å². The Labute approximate surface area is 119 Å². The van der Waals surface area contributed by atoms with Crippen LogP contribution < -0.4 is 5.32 Å². The molecule has 1 aliphatic carbocycles. The number of anilines is 1. The van der Waals surface area contributed by atoms with Gasteiger partial charge in [0, 0.05) is 12.0 Å². The minimum atomic E-state index is 0.426. The van der Waals surface area contributed by atoms with Crippen molar-refractivity contribution < 1.29 is 0 Å². The van der Waals surface area contributed by atoms with Gasteiger partial charge in [0.15, 0.2) is 0 Å². The summed E-state index contributed by atoms with van der Waals surface area (Å²) in [5, 5.41) is 3.83. The van der Waals surface area contributed by atoms with Gasteiger partial charge in [0.05, 0.1) is 4.47 Å². The molecule has 1 saturated carbocycles. The molecule has 0 bridgehead atoms. The molecule has 1 aliphatic rings. The molecule has 0 amide bonds. The van der Waals surface area contributed by atoms with Gasteiger partial charge in [0.25, 0.3) is 0 Å². The summed E-state index contributed by atoms with van der Waals surface area (Å²) in [5.41, 5.74) is 1.37. The molecule has 3 rings (SSSR count). The summed E-state index contributed by atoms with van der Waals surface area (Å²) in [7, 11) is 0. The first-order chi connectivity index (χ1) is 8.75. The summed E-state index contributed by atoms with van der Waals surface area (Å²) in [6, 6.07) is 10.9. The minimum Gasteiger partial charge on any atom is -0.366 e. The van der Waals surface area contributed by atoms with Crippen LogP contribution in [0.5, 0.6) is 0 Å². The quantitative estimate of drug-likeness (QED) is 0.871. The summed E-state index contributed by atoms with van der Waals surface area (Å²) in [6.45, 7) is 0. The fourth-order valence-electron chi connectivity index (χ4n) is 2.05. The zero-order valence-electron chi connectivity index (χ0n) is 9.48. The van der Waals surface area contributed by atoms with Crippen molar-refractivity contribution in [1.82, 2.24) is 9.97 Å². The maximum Gasteiger partial charge on any atom is 0.148 e. The average molecular weight is 325 g/mol. The summed E-state index contributed by atoms with van der Waals surface area (Å²) in [6.07, 6.45) is 2.59. The summed E-state index contributed by atoms with van der Waals surface area (Å²) in [4.78, 5) is 8.11. The Kier molecular flexibility index (Phi) is 3.22. The zero-order valence-corrected chi connectivity index (χ0v) is 11.8. The third-order valence-electron chi connectivity index (χ3n) is 3.09. The number of benzene rings is 1. The first-order valence-electron chi connectivity index (χ1n) is 5.73. The molecule has 1 N–H and O–H groups in total. The van der Waals surface area contributed by atoms with E-state index >= 15 is 0 Å². The van der Waals surface area contributed by atoms with Crippen molar-refractivity contribution >= 4 is 33.3 Å². The molecule has 1 fully saturated rings. The van der Waals surface area contributed by atoms with Gasteiger partial charge in [-0.05, 0) is 27.9 Å². The number of nitrogens with zero attached hydrogens (tertiary/aromatic N) is 2. The lowest BCUT2D eigenvalue weighted by Crippen LogP contribution is -2.07. The number of nitrogens with one attached hydrogen (secondary N) is 1. The number of hydrogen-bond acceptors (Lipinski definition) is 3. The van der Waals surface area contributed by atoms with E-state index < -0.39 is 0 Å². The molecule has 18 heavy (non-hydrogen) atoms. The molecule has 1 aromatic carbocycles. The molecule has 92 valence electrons. The molecule has 2 aromatic rings. The maximum absolute atomic E-state index is 5.93. The van der Waals surface area contributed by atoms with Crippen LogP contribution in [0.4, 0.5) is 5.82 Å². The first-order valence-corrected chi connectivity index (χ1v) is 6.90. The van der Waals surface area contributed by atoms with Gasteiger partial charge < -0.3 is 5.32 Å². The Balaban J connectivity index is 1.71. The van der Waals surface area contributed by atoms with Gasteiger partial charge in [-0.1, -0.05) is 41.9 Å². The van der Waals surface area contributed by atoms with Crippen molar-refractivity contribution in [2.75, 3.05) is 5.32 Å². The minimum absolute atomic E-state index is 0.426. The van der Waals surface area contributed by atoms with Crippen molar-refractivity contribution in [3.8, 4) is 0 Å². The Morgan fingerprint density at radius 1 is 1.22 bits per heavy atom. The van der Waals surface area contributed by atoms with Gasteiger partial charge in [-0.25, -0.2) is 9.97 Å². The molecule has 1 heterocycles. The van der Waals surface area contributed by atoms with Gasteiger partial charge in [-0.2, -0.15) is 0 Å². The van der Waals surface area contributed by atoms with E-state index in [4.69, 9.17) is 11.6 Å². The standard InChI is InChI=1S/C13H11BrClN3/c14-11-12(15)16-7-17-13(11)18-10-6-9(10)8-4-2-1-3-5-8/h1-5,7,9-10H,6H2,(H,16,17,18). The van der Waals surface area contributed by atoms with Crippen LogP contribution >= 0.6 is 27.5 Å². The van der Waals surface area contributed by atoms with Crippen LogP contribution in [-0.4, -0.2) is 16.0 Å². The topological polar surface area (TPSA) is 37.8 Å². The highest BCUT2D eigenvalue weighted by Gasteiger charge is 2.38. The van der Waals surface area contributed by atoms with E-state index in [1.54, 1.807) is 0 Å². The highest BCUT2D eigenvalue weighted by atomic mass is 79.9. The van der Waals surface area contributed by atoms with Crippen LogP contribution in [0.1, 0.15) is 17.9 Å². The van der Waals surface area contributed by atoms with Gasteiger partial charge in [-0.3, -0.25) is 0 Å². The molecule has 0 radical (unpaired) electrons. The van der Waals surface area contributed by atoms with Crippen molar-refractivity contribution in [3.63, 3.8) is 0 Å². The van der Waals surface area contributed by atoms with E-state index in [2.05, 4.69) is 55.5 Å². The SMILES string of the molecule is Clc1ncnc(NC2CC2c2ccccc2)c1Br. The van der Waals surface area contributed by atoms with E-state index in [1.807, 2.05) is 6.07 Å². The molecule has 2 atom stereocenters. The molecular formula is C13H11BrClN3. The molecule has 3 nitrogen and oxygen atoms in total. The summed E-state index contributed by atoms with van der Waals surface area (Å²) in [5.74, 6) is 1.32. The van der Waals surface area contributed by atoms with Crippen molar-refractivity contribution in [2.24, 2.45) is 0 Å². The Hall–Kier alpha value is -1.13. The van der Waals surface area contributed by atoms with E-state index in [0.29, 0.717) is 17.1 Å². The van der Waals surface area contributed by atoms with Crippen LogP contribution in [0.2, 0.25) is 5.15 Å². The zero-order chi connectivity index (χ0) is 12.5. The lowest BCUT2D eigenvalue weighted by molar-refractivity contribution is 1.02. The number of halogens is 2. The first kappa shape index (κ1) is 11.9. The van der Waals surface area contributed by atoms with Gasteiger partial charge in [0.1, 0.15) is 17.3 Å². The van der Waals surface area contributed by atoms with E-state index in [0.717, 1.165) is 16.7 Å². The molecule has 2 unspecified atom stereocenters. The molecule has 5 heteroatoms. The number of hydrogen-bond donors (Lipinski definition) is 1. The van der Waals surface area contributed by atoms with Gasteiger partial charge >= 0.3 is 0 Å². The second-order valence-electron chi connectivity index (χ2n) is 4.33. The number of rotatable bonds is 3. The second-order valence-corrected chi connectivity index (χ2v) is 5.48. The molecule has 0 aliphatic heterocycles. The highest BCUT2D eigenvalue weighted by molar-refractivity contribution is 9.10. The van der Waals surface area contributed by atoms with E-state index in [-0.39, 0.29) is 0 Å². The lowest BCUT2D eigenvalue weighted by Gasteiger charge is -2.07. The van der Waals surface area contributed by atoms with Crippen LogP contribution in [-0.2, 0) is 0 Å². The third-order valence-corrected chi connectivity index (χ3v) is 4.35. The van der Waals surface area contributed by atoms with Crippen LogP contribution in [0.15, 0.2) is 41.1 Å². The molecule has 0 spiro atoms. The van der Waals surface area contributed by atoms with Crippen LogP contribution in [0.3, 0.4) is 0 Å². The molecule has 1 aromatic heterocycles. The van der Waals surface area contributed by atoms with Gasteiger partial charge in [0.2, 0.25) is 0 Å². The van der Waals surface area contributed by atoms with Crippen molar-refractivity contribution in [3.05, 3.63) is 51.8 Å². The third kappa shape index (κ3) is 2.35. The molecule has 0 saturated heterocycles. The summed E-state index contributed by atoms with van der Waals surface area (Å²) >= 11 is 9.33. The smallest absolute Gasteiger partial charge is 0.148 e. The second kappa shape index (κ2) is 4.86. The monoisotopic (exact) mass is 323 g/mol. The lowest BCUT2D eigenvalue weighted by atomic mass is 10.1. The fraction of sp³-hybridized carbons (Fsp3) is 0.231. The number of aromatic nitrogens is 2. The van der Waals surface area contributed by atoms with Crippen LogP contribution in [0, 0.1) is 0 Å². The normalized spacial score (nSPS) is 21.7. The van der Waals surface area contributed by atoms with E-state index in [1.165, 1.54) is 11.9 Å². The Morgan fingerprint density at radius 3 is 2.78 bits per heavy atom. The highest BCUT2D eigenvalue weighted by Crippen LogP contribution is 2.43. The summed E-state index contributed by atoms with van der Waals surface area (Å²) < 4.78 is 0.727. The van der Waals surface area contributed by atoms with Crippen molar-refractivity contribution in [2.45, 2.75) is 18.4 Å². The largest absolute Gasteiger partial charge is 0.366 e. The fourth-order valence-corrected chi connectivity index (χ4v) is 2.50. The Morgan fingerprint density at radius 2 is 2.00 bits per heavy atom. The van der Waals surface area contributed by atoms with Crippen LogP contribution in [0.25, 0.3) is 0 Å². The van der Waals surface area contributed by atoms with Gasteiger partial charge in [-0.15, -0.1) is 0 Å². The maximum atomic E-state index is 5.93. The van der Waals surface area contributed by atoms with E-state index in [9.17, 15) is 0 Å². The average Bonchev–Trinajstić information content (AvgIpc) is 3.15. The predicted molar refractivity (Wildman–Crippen MR) is 76.0 cm³/mol. The Bertz CT molecular complexity index is 561. The predicted octanol–water partition coefficient (Wildman–Crippen LogP) is 3.86.